The maximum absolute atomic E-state index is 13.2. The van der Waals surface area contributed by atoms with Crippen LogP contribution in [0, 0.1) is 11.7 Å². The van der Waals surface area contributed by atoms with Crippen LogP contribution in [0.3, 0.4) is 0 Å². The topological polar surface area (TPSA) is 54.0 Å². The van der Waals surface area contributed by atoms with Gasteiger partial charge in [-0.25, -0.2) is 9.37 Å². The van der Waals surface area contributed by atoms with Gasteiger partial charge >= 0.3 is 0 Å². The summed E-state index contributed by atoms with van der Waals surface area (Å²) in [6.07, 6.45) is 6.67. The van der Waals surface area contributed by atoms with E-state index in [-0.39, 0.29) is 10.9 Å². The molecule has 1 aromatic heterocycles. The average molecular weight is 348 g/mol. The molecule has 1 heterocycles. The van der Waals surface area contributed by atoms with Crippen molar-refractivity contribution in [2.75, 3.05) is 17.2 Å². The van der Waals surface area contributed by atoms with Gasteiger partial charge in [-0.3, -0.25) is 4.79 Å². The highest BCUT2D eigenvalue weighted by atomic mass is 35.5. The van der Waals surface area contributed by atoms with Crippen LogP contribution in [-0.2, 0) is 0 Å². The van der Waals surface area contributed by atoms with Gasteiger partial charge in [0.25, 0.3) is 5.91 Å². The number of hydrogen-bond donors (Lipinski definition) is 2. The van der Waals surface area contributed by atoms with Gasteiger partial charge in [-0.05, 0) is 49.1 Å². The lowest BCUT2D eigenvalue weighted by molar-refractivity contribution is 0.102. The van der Waals surface area contributed by atoms with E-state index in [1.807, 2.05) is 0 Å². The summed E-state index contributed by atoms with van der Waals surface area (Å²) in [4.78, 5) is 16.5. The van der Waals surface area contributed by atoms with Crippen LogP contribution in [0.25, 0.3) is 0 Å². The molecule has 1 aromatic carbocycles. The molecule has 0 radical (unpaired) electrons. The first kappa shape index (κ1) is 16.7. The largest absolute Gasteiger partial charge is 0.370 e. The number of nitrogens with zero attached hydrogens (tertiary/aromatic N) is 1. The summed E-state index contributed by atoms with van der Waals surface area (Å²) < 4.78 is 13.2. The molecule has 1 fully saturated rings. The van der Waals surface area contributed by atoms with Crippen molar-refractivity contribution in [3.05, 3.63) is 52.9 Å². The number of carbonyl (C=O) groups is 1. The minimum Gasteiger partial charge on any atom is -0.370 e. The van der Waals surface area contributed by atoms with E-state index in [2.05, 4.69) is 15.6 Å². The minimum absolute atomic E-state index is 0.0273. The monoisotopic (exact) mass is 347 g/mol. The normalized spacial score (nSPS) is 13.6. The van der Waals surface area contributed by atoms with Gasteiger partial charge in [0.1, 0.15) is 11.6 Å². The Morgan fingerprint density at radius 2 is 2.12 bits per heavy atom. The van der Waals surface area contributed by atoms with Gasteiger partial charge in [0.15, 0.2) is 0 Å². The van der Waals surface area contributed by atoms with Crippen LogP contribution in [0.4, 0.5) is 15.9 Å². The first-order valence-electron chi connectivity index (χ1n) is 8.08. The predicted molar refractivity (Wildman–Crippen MR) is 94.0 cm³/mol. The predicted octanol–water partition coefficient (Wildman–Crippen LogP) is 4.73. The molecular formula is C18H19ClFN3O. The van der Waals surface area contributed by atoms with Gasteiger partial charge in [-0.1, -0.05) is 24.4 Å². The zero-order valence-electron chi connectivity index (χ0n) is 13.2. The fraction of sp³-hybridized carbons (Fsp3) is 0.333. The summed E-state index contributed by atoms with van der Waals surface area (Å²) >= 11 is 5.72. The number of aromatic nitrogens is 1. The third kappa shape index (κ3) is 4.68. The first-order valence-corrected chi connectivity index (χ1v) is 8.46. The van der Waals surface area contributed by atoms with Crippen LogP contribution >= 0.6 is 11.6 Å². The summed E-state index contributed by atoms with van der Waals surface area (Å²) in [5, 5.41) is 5.91. The minimum atomic E-state index is -0.517. The molecule has 1 aliphatic carbocycles. The Balaban J connectivity index is 1.57. The number of nitrogens with one attached hydrogen (secondary N) is 2. The summed E-state index contributed by atoms with van der Waals surface area (Å²) in [5.41, 5.74) is 0.928. The molecular weight excluding hydrogens is 329 g/mol. The molecule has 2 N–H and O–H groups in total. The summed E-state index contributed by atoms with van der Waals surface area (Å²) in [6.45, 7) is 0.849. The third-order valence-corrected chi connectivity index (χ3v) is 4.28. The number of hydrogen-bond acceptors (Lipinski definition) is 3. The fourth-order valence-electron chi connectivity index (χ4n) is 2.46. The second-order valence-electron chi connectivity index (χ2n) is 6.03. The molecule has 4 nitrogen and oxygen atoms in total. The van der Waals surface area contributed by atoms with Crippen LogP contribution in [0.1, 0.15) is 36.0 Å². The van der Waals surface area contributed by atoms with Crippen molar-refractivity contribution in [3.8, 4) is 0 Å². The van der Waals surface area contributed by atoms with Crippen LogP contribution < -0.4 is 10.6 Å². The fourth-order valence-corrected chi connectivity index (χ4v) is 2.64. The molecule has 24 heavy (non-hydrogen) atoms. The zero-order chi connectivity index (χ0) is 16.9. The summed E-state index contributed by atoms with van der Waals surface area (Å²) in [7, 11) is 0. The van der Waals surface area contributed by atoms with Crippen LogP contribution in [0.15, 0.2) is 36.5 Å². The summed E-state index contributed by atoms with van der Waals surface area (Å²) in [5.74, 6) is 0.785. The van der Waals surface area contributed by atoms with Gasteiger partial charge in [0, 0.05) is 24.0 Å². The van der Waals surface area contributed by atoms with Gasteiger partial charge in [0.2, 0.25) is 0 Å². The van der Waals surface area contributed by atoms with Gasteiger partial charge < -0.3 is 10.6 Å². The molecule has 0 aliphatic heterocycles. The highest BCUT2D eigenvalue weighted by molar-refractivity contribution is 6.31. The van der Waals surface area contributed by atoms with E-state index in [1.54, 1.807) is 18.3 Å². The second kappa shape index (κ2) is 7.62. The van der Waals surface area contributed by atoms with Gasteiger partial charge in [-0.2, -0.15) is 0 Å². The van der Waals surface area contributed by atoms with Gasteiger partial charge in [0.05, 0.1) is 5.02 Å². The molecule has 0 atom stereocenters. The zero-order valence-corrected chi connectivity index (χ0v) is 13.9. The quantitative estimate of drug-likeness (QED) is 0.712. The van der Waals surface area contributed by atoms with Crippen molar-refractivity contribution < 1.29 is 9.18 Å². The molecule has 0 bridgehead atoms. The third-order valence-electron chi connectivity index (χ3n) is 3.99. The number of pyridine rings is 1. The van der Waals surface area contributed by atoms with Gasteiger partial charge in [-0.15, -0.1) is 0 Å². The second-order valence-corrected chi connectivity index (χ2v) is 6.43. The maximum Gasteiger partial charge on any atom is 0.255 e. The maximum atomic E-state index is 13.2. The Morgan fingerprint density at radius 3 is 2.88 bits per heavy atom. The van der Waals surface area contributed by atoms with Crippen LogP contribution in [-0.4, -0.2) is 17.4 Å². The van der Waals surface area contributed by atoms with E-state index in [4.69, 9.17) is 11.6 Å². The smallest absolute Gasteiger partial charge is 0.255 e. The first-order chi connectivity index (χ1) is 11.6. The lowest BCUT2D eigenvalue weighted by atomic mass is 10.2. The van der Waals surface area contributed by atoms with E-state index in [0.717, 1.165) is 18.9 Å². The van der Waals surface area contributed by atoms with E-state index < -0.39 is 5.82 Å². The highest BCUT2D eigenvalue weighted by Crippen LogP contribution is 2.33. The lowest BCUT2D eigenvalue weighted by Crippen LogP contribution is -2.13. The Morgan fingerprint density at radius 1 is 1.29 bits per heavy atom. The Hall–Kier alpha value is -2.14. The molecule has 0 saturated heterocycles. The molecule has 0 spiro atoms. The van der Waals surface area contributed by atoms with Crippen LogP contribution in [0.2, 0.25) is 5.02 Å². The Labute approximate surface area is 145 Å². The van der Waals surface area contributed by atoms with Crippen molar-refractivity contribution in [3.63, 3.8) is 0 Å². The lowest BCUT2D eigenvalue weighted by Gasteiger charge is -2.09. The van der Waals surface area contributed by atoms with Crippen molar-refractivity contribution in [1.29, 1.82) is 0 Å². The number of anilines is 2. The van der Waals surface area contributed by atoms with Crippen molar-refractivity contribution in [1.82, 2.24) is 4.98 Å². The van der Waals surface area contributed by atoms with Crippen molar-refractivity contribution >= 4 is 29.0 Å². The standard InChI is InChI=1S/C18H19ClFN3O/c19-15-11-14(5-6-16(15)20)23-18(24)13-7-9-22-17(10-13)21-8-1-2-12-3-4-12/h5-7,9-12H,1-4,8H2,(H,21,22)(H,23,24). The molecule has 6 heteroatoms. The van der Waals surface area contributed by atoms with E-state index >= 15 is 0 Å². The summed E-state index contributed by atoms with van der Waals surface area (Å²) in [6, 6.07) is 7.41. The van der Waals surface area contributed by atoms with E-state index in [0.29, 0.717) is 17.1 Å². The molecule has 1 aliphatic rings. The SMILES string of the molecule is O=C(Nc1ccc(F)c(Cl)c1)c1ccnc(NCCCC2CC2)c1. The molecule has 1 amide bonds. The number of rotatable bonds is 7. The van der Waals surface area contributed by atoms with Crippen molar-refractivity contribution in [2.45, 2.75) is 25.7 Å². The molecule has 3 rings (SSSR count). The molecule has 1 saturated carbocycles. The Kier molecular flexibility index (Phi) is 5.30. The molecule has 126 valence electrons. The average Bonchev–Trinajstić information content (AvgIpc) is 3.40. The van der Waals surface area contributed by atoms with Crippen LogP contribution in [0.5, 0.6) is 0 Å². The highest BCUT2D eigenvalue weighted by Gasteiger charge is 2.19. The van der Waals surface area contributed by atoms with E-state index in [9.17, 15) is 9.18 Å². The number of amides is 1. The molecule has 0 unspecified atom stereocenters. The number of halogens is 2. The van der Waals surface area contributed by atoms with Crippen molar-refractivity contribution in [2.24, 2.45) is 5.92 Å². The Bertz CT molecular complexity index is 734. The number of carbonyl (C=O) groups excluding carboxylic acids is 1. The molecule has 2 aromatic rings. The van der Waals surface area contributed by atoms with E-state index in [1.165, 1.54) is 37.5 Å². The number of benzene rings is 1.